The predicted octanol–water partition coefficient (Wildman–Crippen LogP) is 3.19. The summed E-state index contributed by atoms with van der Waals surface area (Å²) < 4.78 is 19.8. The second-order valence-electron chi connectivity index (χ2n) is 4.42. The molecule has 1 aromatic heterocycles. The molecule has 0 aliphatic rings. The van der Waals surface area contributed by atoms with Crippen LogP contribution < -0.4 is 11.3 Å². The van der Waals surface area contributed by atoms with Crippen molar-refractivity contribution in [3.8, 4) is 0 Å². The van der Waals surface area contributed by atoms with Crippen molar-refractivity contribution in [1.82, 2.24) is 5.43 Å². The summed E-state index contributed by atoms with van der Waals surface area (Å²) in [6.45, 7) is 0. The molecule has 0 spiro atoms. The van der Waals surface area contributed by atoms with E-state index in [1.54, 1.807) is 12.3 Å². The van der Waals surface area contributed by atoms with Crippen LogP contribution in [0.3, 0.4) is 0 Å². The molecule has 0 saturated heterocycles. The Morgan fingerprint density at radius 3 is 2.84 bits per heavy atom. The van der Waals surface area contributed by atoms with Crippen LogP contribution in [0.4, 0.5) is 4.39 Å². The predicted molar refractivity (Wildman–Crippen MR) is 75.9 cm³/mol. The summed E-state index contributed by atoms with van der Waals surface area (Å²) in [7, 11) is 0. The lowest BCUT2D eigenvalue weighted by Crippen LogP contribution is -2.37. The molecule has 0 bridgehead atoms. The van der Waals surface area contributed by atoms with E-state index in [1.165, 1.54) is 6.07 Å². The molecule has 0 aliphatic carbocycles. The van der Waals surface area contributed by atoms with Crippen LogP contribution in [0.5, 0.6) is 0 Å². The molecule has 5 heteroatoms. The van der Waals surface area contributed by atoms with E-state index in [1.807, 2.05) is 18.2 Å². The Morgan fingerprint density at radius 1 is 1.37 bits per heavy atom. The maximum absolute atomic E-state index is 13.7. The smallest absolute Gasteiger partial charge is 0.127 e. The first-order valence-corrected chi connectivity index (χ1v) is 6.91. The molecule has 0 saturated carbocycles. The van der Waals surface area contributed by atoms with Crippen LogP contribution in [-0.4, -0.2) is 6.04 Å². The zero-order valence-electron chi connectivity index (χ0n) is 10.4. The van der Waals surface area contributed by atoms with E-state index in [2.05, 4.69) is 21.4 Å². The lowest BCUT2D eigenvalue weighted by atomic mass is 10.0. The second-order valence-corrected chi connectivity index (χ2v) is 5.34. The molecule has 1 aromatic carbocycles. The summed E-state index contributed by atoms with van der Waals surface area (Å²) >= 11 is 3.24. The summed E-state index contributed by atoms with van der Waals surface area (Å²) in [6.07, 6.45) is 3.77. The van der Waals surface area contributed by atoms with Gasteiger partial charge in [-0.05, 0) is 42.7 Å². The molecule has 1 unspecified atom stereocenters. The van der Waals surface area contributed by atoms with E-state index in [0.29, 0.717) is 12.0 Å². The molecule has 0 aliphatic heterocycles. The van der Waals surface area contributed by atoms with Gasteiger partial charge in [-0.25, -0.2) is 4.39 Å². The van der Waals surface area contributed by atoms with Gasteiger partial charge in [-0.3, -0.25) is 11.3 Å². The maximum atomic E-state index is 13.7. The first-order chi connectivity index (χ1) is 9.19. The van der Waals surface area contributed by atoms with Crippen LogP contribution in [0.25, 0.3) is 0 Å². The number of rotatable bonds is 6. The van der Waals surface area contributed by atoms with Crippen molar-refractivity contribution in [2.75, 3.05) is 0 Å². The Balaban J connectivity index is 1.94. The summed E-state index contributed by atoms with van der Waals surface area (Å²) in [5, 5.41) is 0. The minimum absolute atomic E-state index is 0.0146. The van der Waals surface area contributed by atoms with E-state index in [4.69, 9.17) is 10.3 Å². The van der Waals surface area contributed by atoms with Gasteiger partial charge in [-0.1, -0.05) is 22.0 Å². The van der Waals surface area contributed by atoms with Crippen LogP contribution in [-0.2, 0) is 12.8 Å². The van der Waals surface area contributed by atoms with Gasteiger partial charge in [-0.2, -0.15) is 0 Å². The molecule has 102 valence electrons. The van der Waals surface area contributed by atoms with Crippen molar-refractivity contribution in [2.45, 2.75) is 25.3 Å². The third-order valence-electron chi connectivity index (χ3n) is 3.04. The van der Waals surface area contributed by atoms with Crippen LogP contribution in [0.1, 0.15) is 17.7 Å². The molecule has 1 heterocycles. The van der Waals surface area contributed by atoms with Crippen molar-refractivity contribution in [1.29, 1.82) is 0 Å². The first-order valence-electron chi connectivity index (χ1n) is 6.11. The summed E-state index contributed by atoms with van der Waals surface area (Å²) in [5.74, 6) is 6.23. The molecule has 0 amide bonds. The summed E-state index contributed by atoms with van der Waals surface area (Å²) in [5.41, 5.74) is 3.39. The van der Waals surface area contributed by atoms with Crippen molar-refractivity contribution < 1.29 is 8.81 Å². The minimum Gasteiger partial charge on any atom is -0.469 e. The average molecular weight is 327 g/mol. The van der Waals surface area contributed by atoms with E-state index < -0.39 is 0 Å². The Morgan fingerprint density at radius 2 is 2.21 bits per heavy atom. The lowest BCUT2D eigenvalue weighted by molar-refractivity contribution is 0.443. The van der Waals surface area contributed by atoms with Crippen LogP contribution in [0.15, 0.2) is 45.5 Å². The highest BCUT2D eigenvalue weighted by Gasteiger charge is 2.12. The normalized spacial score (nSPS) is 12.6. The molecule has 19 heavy (non-hydrogen) atoms. The molecule has 0 radical (unpaired) electrons. The van der Waals surface area contributed by atoms with Gasteiger partial charge in [0.2, 0.25) is 0 Å². The molecule has 3 N–H and O–H groups in total. The molecule has 1 atom stereocenters. The highest BCUT2D eigenvalue weighted by molar-refractivity contribution is 9.10. The fourth-order valence-corrected chi connectivity index (χ4v) is 2.30. The third-order valence-corrected chi connectivity index (χ3v) is 3.53. The number of nitrogens with one attached hydrogen (secondary N) is 1. The fourth-order valence-electron chi connectivity index (χ4n) is 1.97. The van der Waals surface area contributed by atoms with Gasteiger partial charge in [0.1, 0.15) is 11.6 Å². The number of hydrogen-bond acceptors (Lipinski definition) is 3. The summed E-state index contributed by atoms with van der Waals surface area (Å²) in [6, 6.07) is 8.87. The second kappa shape index (κ2) is 6.84. The van der Waals surface area contributed by atoms with Crippen molar-refractivity contribution in [3.63, 3.8) is 0 Å². The molecule has 2 rings (SSSR count). The molecular weight excluding hydrogens is 311 g/mol. The maximum Gasteiger partial charge on any atom is 0.127 e. The average Bonchev–Trinajstić information content (AvgIpc) is 2.90. The number of benzene rings is 1. The van der Waals surface area contributed by atoms with Crippen molar-refractivity contribution >= 4 is 15.9 Å². The number of nitrogens with two attached hydrogens (primary N) is 1. The first kappa shape index (κ1) is 14.2. The minimum atomic E-state index is -0.215. The molecule has 0 fully saturated rings. The Bertz CT molecular complexity index is 516. The Hall–Kier alpha value is -1.17. The van der Waals surface area contributed by atoms with E-state index in [-0.39, 0.29) is 11.9 Å². The third kappa shape index (κ3) is 4.16. The quantitative estimate of drug-likeness (QED) is 0.633. The number of aryl methyl sites for hydroxylation is 1. The zero-order chi connectivity index (χ0) is 13.7. The topological polar surface area (TPSA) is 51.2 Å². The van der Waals surface area contributed by atoms with Gasteiger partial charge in [0.15, 0.2) is 0 Å². The van der Waals surface area contributed by atoms with Crippen LogP contribution in [0, 0.1) is 5.82 Å². The number of hydrazine groups is 1. The fraction of sp³-hybridized carbons (Fsp3) is 0.286. The Kier molecular flexibility index (Phi) is 5.13. The number of halogens is 2. The van der Waals surface area contributed by atoms with Gasteiger partial charge in [0, 0.05) is 16.9 Å². The van der Waals surface area contributed by atoms with Gasteiger partial charge < -0.3 is 4.42 Å². The largest absolute Gasteiger partial charge is 0.469 e. The standard InChI is InChI=1S/C14H16BrFN2O/c15-11-4-3-10(14(16)9-11)8-12(18-17)5-6-13-2-1-7-19-13/h1-4,7,9,12,18H,5-6,8,17H2. The van der Waals surface area contributed by atoms with Crippen LogP contribution in [0.2, 0.25) is 0 Å². The SMILES string of the molecule is NNC(CCc1ccco1)Cc1ccc(Br)cc1F. The van der Waals surface area contributed by atoms with E-state index >= 15 is 0 Å². The monoisotopic (exact) mass is 326 g/mol. The molecule has 3 nitrogen and oxygen atoms in total. The Labute approximate surface area is 120 Å². The number of hydrogen-bond donors (Lipinski definition) is 2. The van der Waals surface area contributed by atoms with Crippen molar-refractivity contribution in [3.05, 3.63) is 58.2 Å². The number of furan rings is 1. The van der Waals surface area contributed by atoms with Gasteiger partial charge in [0.05, 0.1) is 6.26 Å². The summed E-state index contributed by atoms with van der Waals surface area (Å²) in [4.78, 5) is 0. The van der Waals surface area contributed by atoms with Crippen LogP contribution >= 0.6 is 15.9 Å². The highest BCUT2D eigenvalue weighted by atomic mass is 79.9. The van der Waals surface area contributed by atoms with Gasteiger partial charge >= 0.3 is 0 Å². The zero-order valence-corrected chi connectivity index (χ0v) is 12.0. The lowest BCUT2D eigenvalue weighted by Gasteiger charge is -2.15. The van der Waals surface area contributed by atoms with E-state index in [0.717, 1.165) is 23.1 Å². The highest BCUT2D eigenvalue weighted by Crippen LogP contribution is 2.17. The molecule has 2 aromatic rings. The van der Waals surface area contributed by atoms with E-state index in [9.17, 15) is 4.39 Å². The van der Waals surface area contributed by atoms with Gasteiger partial charge in [-0.15, -0.1) is 0 Å². The van der Waals surface area contributed by atoms with Crippen molar-refractivity contribution in [2.24, 2.45) is 5.84 Å². The van der Waals surface area contributed by atoms with Gasteiger partial charge in [0.25, 0.3) is 0 Å². The molecular formula is C14H16BrFN2O.